The maximum atomic E-state index is 13.4. The lowest BCUT2D eigenvalue weighted by molar-refractivity contribution is -0.130. The third-order valence-corrected chi connectivity index (χ3v) is 7.76. The van der Waals surface area contributed by atoms with Crippen molar-refractivity contribution in [3.8, 4) is 0 Å². The van der Waals surface area contributed by atoms with E-state index in [4.69, 9.17) is 0 Å². The van der Waals surface area contributed by atoms with E-state index >= 15 is 0 Å². The molecule has 3 fully saturated rings. The summed E-state index contributed by atoms with van der Waals surface area (Å²) in [5.41, 5.74) is 3.29. The molecule has 1 saturated carbocycles. The lowest BCUT2D eigenvalue weighted by atomic mass is 9.76. The molecule has 2 saturated heterocycles. The standard InChI is InChI=1S/C27H33N3O2/c1-20(25(31)28-19-21-5-3-2-4-6-21)29-16-13-27(14-17-29)15-18-30(26(27)32)24-11-9-23(10-12-24)22-7-8-22/h2-6,9-12,20,22H,7-8,13-19H2,1H3,(H,28,31). The number of piperidine rings is 1. The molecule has 0 bridgehead atoms. The topological polar surface area (TPSA) is 52.7 Å². The number of carbonyl (C=O) groups is 2. The number of amides is 2. The summed E-state index contributed by atoms with van der Waals surface area (Å²) in [5.74, 6) is 1.07. The first-order valence-corrected chi connectivity index (χ1v) is 12.0. The minimum absolute atomic E-state index is 0.0555. The molecule has 2 heterocycles. The second-order valence-electron chi connectivity index (χ2n) is 9.77. The van der Waals surface area contributed by atoms with Crippen LogP contribution >= 0.6 is 0 Å². The van der Waals surface area contributed by atoms with Gasteiger partial charge in [0.25, 0.3) is 0 Å². The highest BCUT2D eigenvalue weighted by molar-refractivity contribution is 6.00. The van der Waals surface area contributed by atoms with E-state index in [0.29, 0.717) is 6.54 Å². The van der Waals surface area contributed by atoms with Crippen LogP contribution in [0.4, 0.5) is 5.69 Å². The summed E-state index contributed by atoms with van der Waals surface area (Å²) in [6.45, 7) is 4.91. The first-order chi connectivity index (χ1) is 15.6. The number of likely N-dealkylation sites (tertiary alicyclic amines) is 1. The summed E-state index contributed by atoms with van der Waals surface area (Å²) < 4.78 is 0. The summed E-state index contributed by atoms with van der Waals surface area (Å²) in [4.78, 5) is 30.3. The van der Waals surface area contributed by atoms with Crippen LogP contribution in [-0.2, 0) is 16.1 Å². The van der Waals surface area contributed by atoms with Crippen LogP contribution in [-0.4, -0.2) is 42.4 Å². The Kier molecular flexibility index (Phi) is 5.76. The molecular weight excluding hydrogens is 398 g/mol. The second kappa shape index (κ2) is 8.70. The first kappa shape index (κ1) is 21.2. The molecule has 5 rings (SSSR count). The monoisotopic (exact) mass is 431 g/mol. The molecule has 5 nitrogen and oxygen atoms in total. The number of rotatable bonds is 6. The Hall–Kier alpha value is -2.66. The van der Waals surface area contributed by atoms with E-state index in [-0.39, 0.29) is 23.3 Å². The Morgan fingerprint density at radius 2 is 1.66 bits per heavy atom. The minimum Gasteiger partial charge on any atom is -0.351 e. The molecule has 2 aromatic rings. The van der Waals surface area contributed by atoms with Gasteiger partial charge in [0.15, 0.2) is 0 Å². The van der Waals surface area contributed by atoms with E-state index < -0.39 is 0 Å². The number of hydrogen-bond acceptors (Lipinski definition) is 3. The number of nitrogens with one attached hydrogen (secondary N) is 1. The van der Waals surface area contributed by atoms with Crippen molar-refractivity contribution in [2.75, 3.05) is 24.5 Å². The van der Waals surface area contributed by atoms with Crippen molar-refractivity contribution in [3.63, 3.8) is 0 Å². The Labute approximate surface area is 190 Å². The van der Waals surface area contributed by atoms with Crippen LogP contribution in [0.2, 0.25) is 0 Å². The molecule has 1 unspecified atom stereocenters. The third-order valence-electron chi connectivity index (χ3n) is 7.76. The van der Waals surface area contributed by atoms with Gasteiger partial charge in [-0.05, 0) is 81.3 Å². The van der Waals surface area contributed by atoms with Gasteiger partial charge in [0.1, 0.15) is 0 Å². The average molecular weight is 432 g/mol. The quantitative estimate of drug-likeness (QED) is 0.750. The lowest BCUT2D eigenvalue weighted by Crippen LogP contribution is -2.51. The van der Waals surface area contributed by atoms with Crippen LogP contribution in [0.1, 0.15) is 56.1 Å². The van der Waals surface area contributed by atoms with Gasteiger partial charge in [-0.2, -0.15) is 0 Å². The van der Waals surface area contributed by atoms with E-state index in [0.717, 1.165) is 56.1 Å². The zero-order chi connectivity index (χ0) is 22.1. The lowest BCUT2D eigenvalue weighted by Gasteiger charge is -2.40. The van der Waals surface area contributed by atoms with Gasteiger partial charge in [-0.25, -0.2) is 0 Å². The molecule has 1 aliphatic carbocycles. The SMILES string of the molecule is CC(C(=O)NCc1ccccc1)N1CCC2(CCN(c3ccc(C4CC4)cc3)C2=O)CC1. The Morgan fingerprint density at radius 1 is 1.00 bits per heavy atom. The number of benzene rings is 2. The van der Waals surface area contributed by atoms with E-state index in [1.807, 2.05) is 42.2 Å². The van der Waals surface area contributed by atoms with Gasteiger partial charge in [-0.1, -0.05) is 42.5 Å². The maximum Gasteiger partial charge on any atom is 0.237 e. The normalized spacial score (nSPS) is 21.7. The van der Waals surface area contributed by atoms with Crippen molar-refractivity contribution in [2.24, 2.45) is 5.41 Å². The number of hydrogen-bond donors (Lipinski definition) is 1. The zero-order valence-corrected chi connectivity index (χ0v) is 18.9. The van der Waals surface area contributed by atoms with Gasteiger partial charge in [-0.3, -0.25) is 14.5 Å². The Balaban J connectivity index is 1.15. The molecule has 2 aliphatic heterocycles. The van der Waals surface area contributed by atoms with Crippen molar-refractivity contribution >= 4 is 17.5 Å². The van der Waals surface area contributed by atoms with Crippen LogP contribution < -0.4 is 10.2 Å². The van der Waals surface area contributed by atoms with E-state index in [2.05, 4.69) is 34.5 Å². The highest BCUT2D eigenvalue weighted by atomic mass is 16.2. The zero-order valence-electron chi connectivity index (χ0n) is 18.9. The molecule has 2 aromatic carbocycles. The first-order valence-electron chi connectivity index (χ1n) is 12.0. The molecule has 168 valence electrons. The van der Waals surface area contributed by atoms with E-state index in [1.54, 1.807) is 0 Å². The summed E-state index contributed by atoms with van der Waals surface area (Å²) >= 11 is 0. The number of anilines is 1. The third kappa shape index (κ3) is 4.18. The van der Waals surface area contributed by atoms with Crippen LogP contribution in [0.5, 0.6) is 0 Å². The van der Waals surface area contributed by atoms with Gasteiger partial charge in [-0.15, -0.1) is 0 Å². The fraction of sp³-hybridized carbons (Fsp3) is 0.481. The minimum atomic E-state index is -0.258. The molecule has 32 heavy (non-hydrogen) atoms. The fourth-order valence-corrected chi connectivity index (χ4v) is 5.31. The largest absolute Gasteiger partial charge is 0.351 e. The highest BCUT2D eigenvalue weighted by Gasteiger charge is 2.49. The number of carbonyl (C=O) groups excluding carboxylic acids is 2. The van der Waals surface area contributed by atoms with Crippen molar-refractivity contribution in [3.05, 3.63) is 65.7 Å². The fourth-order valence-electron chi connectivity index (χ4n) is 5.31. The predicted octanol–water partition coefficient (Wildman–Crippen LogP) is 4.09. The molecule has 1 spiro atoms. The van der Waals surface area contributed by atoms with Gasteiger partial charge in [0, 0.05) is 18.8 Å². The van der Waals surface area contributed by atoms with E-state index in [9.17, 15) is 9.59 Å². The van der Waals surface area contributed by atoms with Crippen molar-refractivity contribution in [1.82, 2.24) is 10.2 Å². The molecule has 1 N–H and O–H groups in total. The Morgan fingerprint density at radius 3 is 2.31 bits per heavy atom. The average Bonchev–Trinajstić information content (AvgIpc) is 3.64. The molecule has 1 atom stereocenters. The Bertz CT molecular complexity index is 960. The molecule has 0 radical (unpaired) electrons. The van der Waals surface area contributed by atoms with Crippen LogP contribution in [0.3, 0.4) is 0 Å². The molecule has 3 aliphatic rings. The second-order valence-corrected chi connectivity index (χ2v) is 9.77. The summed E-state index contributed by atoms with van der Waals surface area (Å²) in [7, 11) is 0. The van der Waals surface area contributed by atoms with Gasteiger partial charge >= 0.3 is 0 Å². The van der Waals surface area contributed by atoms with Crippen LogP contribution in [0.15, 0.2) is 54.6 Å². The van der Waals surface area contributed by atoms with E-state index in [1.165, 1.54) is 18.4 Å². The summed E-state index contributed by atoms with van der Waals surface area (Å²) in [5, 5.41) is 3.06. The smallest absolute Gasteiger partial charge is 0.237 e. The molecule has 2 amide bonds. The predicted molar refractivity (Wildman–Crippen MR) is 126 cm³/mol. The maximum absolute atomic E-state index is 13.4. The summed E-state index contributed by atoms with van der Waals surface area (Å²) in [6.07, 6.45) is 5.17. The molecule has 0 aromatic heterocycles. The van der Waals surface area contributed by atoms with Crippen molar-refractivity contribution in [1.29, 1.82) is 0 Å². The van der Waals surface area contributed by atoms with Gasteiger partial charge in [0.2, 0.25) is 11.8 Å². The van der Waals surface area contributed by atoms with Gasteiger partial charge < -0.3 is 10.2 Å². The molecule has 5 heteroatoms. The molecular formula is C27H33N3O2. The number of nitrogens with zero attached hydrogens (tertiary/aromatic N) is 2. The highest BCUT2D eigenvalue weighted by Crippen LogP contribution is 2.44. The van der Waals surface area contributed by atoms with Crippen molar-refractivity contribution in [2.45, 2.75) is 57.5 Å². The van der Waals surface area contributed by atoms with Crippen molar-refractivity contribution < 1.29 is 9.59 Å². The summed E-state index contributed by atoms with van der Waals surface area (Å²) in [6, 6.07) is 18.5. The van der Waals surface area contributed by atoms with Crippen LogP contribution in [0, 0.1) is 5.41 Å². The van der Waals surface area contributed by atoms with Gasteiger partial charge in [0.05, 0.1) is 11.5 Å². The van der Waals surface area contributed by atoms with Crippen LogP contribution in [0.25, 0.3) is 0 Å².